The maximum absolute atomic E-state index is 13.2. The largest absolute Gasteiger partial charge is 0.489 e. The minimum absolute atomic E-state index is 0.105. The predicted molar refractivity (Wildman–Crippen MR) is 162 cm³/mol. The third kappa shape index (κ3) is 6.43. The van der Waals surface area contributed by atoms with Gasteiger partial charge in [0.25, 0.3) is 0 Å². The number of thioether (sulfide) groups is 1. The van der Waals surface area contributed by atoms with E-state index in [1.54, 1.807) is 10.8 Å². The number of allylic oxidation sites excluding steroid dienone is 1. The maximum atomic E-state index is 13.2. The van der Waals surface area contributed by atoms with Crippen molar-refractivity contribution in [3.05, 3.63) is 123 Å². The summed E-state index contributed by atoms with van der Waals surface area (Å²) in [7, 11) is 0. The van der Waals surface area contributed by atoms with Gasteiger partial charge in [-0.3, -0.25) is 0 Å². The first kappa shape index (κ1) is 28.0. The molecule has 0 bridgehead atoms. The predicted octanol–water partition coefficient (Wildman–Crippen LogP) is 7.58. The van der Waals surface area contributed by atoms with Gasteiger partial charge in [0.1, 0.15) is 25.0 Å². The fraction of sp³-hybridized carbons (Fsp3) is 0.167. The summed E-state index contributed by atoms with van der Waals surface area (Å²) in [6, 6.07) is 22.8. The number of nitrogens with zero attached hydrogens (tertiary/aromatic N) is 3. The van der Waals surface area contributed by atoms with Crippen LogP contribution in [-0.4, -0.2) is 27.3 Å². The minimum Gasteiger partial charge on any atom is -0.489 e. The summed E-state index contributed by atoms with van der Waals surface area (Å²) in [5.74, 6) is 1.41. The Hall–Kier alpha value is -3.53. The van der Waals surface area contributed by atoms with Crippen LogP contribution in [0.15, 0.2) is 106 Å². The number of hydrogen-bond donors (Lipinski definition) is 1. The highest BCUT2D eigenvalue weighted by molar-refractivity contribution is 9.10. The van der Waals surface area contributed by atoms with Crippen LogP contribution in [0.25, 0.3) is 0 Å². The van der Waals surface area contributed by atoms with Crippen LogP contribution in [0.2, 0.25) is 5.02 Å². The molecule has 0 saturated heterocycles. The smallest absolute Gasteiger partial charge is 0.338 e. The van der Waals surface area contributed by atoms with Crippen LogP contribution in [-0.2, 0) is 21.9 Å². The lowest BCUT2D eigenvalue weighted by atomic mass is 9.96. The molecule has 0 saturated carbocycles. The van der Waals surface area contributed by atoms with E-state index in [-0.39, 0.29) is 6.61 Å². The summed E-state index contributed by atoms with van der Waals surface area (Å²) in [6.07, 6.45) is 1.54. The zero-order valence-corrected chi connectivity index (χ0v) is 24.8. The number of fused-ring (bicyclic) bond motifs is 1. The Morgan fingerprint density at radius 1 is 1.18 bits per heavy atom. The van der Waals surface area contributed by atoms with Crippen LogP contribution >= 0.6 is 39.3 Å². The van der Waals surface area contributed by atoms with E-state index in [2.05, 4.69) is 27.8 Å². The topological polar surface area (TPSA) is 78.3 Å². The first-order valence-electron chi connectivity index (χ1n) is 12.5. The van der Waals surface area contributed by atoms with Gasteiger partial charge in [0.2, 0.25) is 11.1 Å². The Bertz CT molecular complexity index is 1570. The molecule has 10 heteroatoms. The van der Waals surface area contributed by atoms with Crippen molar-refractivity contribution in [1.82, 2.24) is 14.8 Å². The fourth-order valence-electron chi connectivity index (χ4n) is 4.27. The van der Waals surface area contributed by atoms with Crippen molar-refractivity contribution < 1.29 is 14.3 Å². The van der Waals surface area contributed by atoms with Crippen LogP contribution in [0.1, 0.15) is 29.7 Å². The standard InChI is InChI=1S/C30H26BrClN4O3S/c1-3-15-38-28(37)26-19(2)33-29-34-30(40-18-22-8-4-5-10-25(22)32)35-36(29)27(26)21-11-13-24(14-12-21)39-17-20-7-6-9-23(31)16-20/h3-14,16,27H,1,15,17-18H2,2H3,(H,33,34,35). The van der Waals surface area contributed by atoms with Crippen LogP contribution in [0.4, 0.5) is 5.95 Å². The summed E-state index contributed by atoms with van der Waals surface area (Å²) in [5.41, 5.74) is 3.99. The second-order valence-electron chi connectivity index (χ2n) is 8.98. The van der Waals surface area contributed by atoms with Crippen molar-refractivity contribution in [3.8, 4) is 5.75 Å². The zero-order valence-electron chi connectivity index (χ0n) is 21.6. The van der Waals surface area contributed by atoms with Gasteiger partial charge in [-0.2, -0.15) is 4.98 Å². The van der Waals surface area contributed by atoms with E-state index in [9.17, 15) is 4.79 Å². The van der Waals surface area contributed by atoms with Crippen molar-refractivity contribution in [2.75, 3.05) is 11.9 Å². The number of anilines is 1. The van der Waals surface area contributed by atoms with E-state index < -0.39 is 12.0 Å². The van der Waals surface area contributed by atoms with Gasteiger partial charge in [0.15, 0.2) is 0 Å². The molecule has 0 aliphatic carbocycles. The number of carbonyl (C=O) groups is 1. The number of halogens is 2. The molecule has 7 nitrogen and oxygen atoms in total. The van der Waals surface area contributed by atoms with E-state index in [0.717, 1.165) is 21.2 Å². The monoisotopic (exact) mass is 636 g/mol. The lowest BCUT2D eigenvalue weighted by Gasteiger charge is -2.28. The third-order valence-corrected chi connectivity index (χ3v) is 7.94. The van der Waals surface area contributed by atoms with Gasteiger partial charge in [0, 0.05) is 20.9 Å². The van der Waals surface area contributed by atoms with Gasteiger partial charge in [-0.15, -0.1) is 5.10 Å². The number of esters is 1. The van der Waals surface area contributed by atoms with Crippen molar-refractivity contribution in [2.24, 2.45) is 0 Å². The molecule has 0 amide bonds. The normalized spacial score (nSPS) is 14.3. The maximum Gasteiger partial charge on any atom is 0.338 e. The number of carbonyl (C=O) groups excluding carboxylic acids is 1. The molecule has 1 N–H and O–H groups in total. The van der Waals surface area contributed by atoms with Crippen LogP contribution in [0, 0.1) is 0 Å². The van der Waals surface area contributed by atoms with E-state index in [0.29, 0.717) is 45.5 Å². The van der Waals surface area contributed by atoms with Gasteiger partial charge in [-0.25, -0.2) is 9.48 Å². The Labute approximate surface area is 250 Å². The van der Waals surface area contributed by atoms with Crippen molar-refractivity contribution in [3.63, 3.8) is 0 Å². The second kappa shape index (κ2) is 12.8. The van der Waals surface area contributed by atoms with E-state index in [4.69, 9.17) is 31.2 Å². The molecule has 3 aromatic carbocycles. The average Bonchev–Trinajstić information content (AvgIpc) is 3.36. The lowest BCUT2D eigenvalue weighted by Crippen LogP contribution is -2.29. The average molecular weight is 638 g/mol. The van der Waals surface area contributed by atoms with Gasteiger partial charge in [0.05, 0.1) is 5.57 Å². The lowest BCUT2D eigenvalue weighted by molar-refractivity contribution is -0.138. The molecular weight excluding hydrogens is 612 g/mol. The second-order valence-corrected chi connectivity index (χ2v) is 11.2. The summed E-state index contributed by atoms with van der Waals surface area (Å²) < 4.78 is 14.2. The molecule has 40 heavy (non-hydrogen) atoms. The fourth-order valence-corrected chi connectivity index (χ4v) is 5.84. The number of ether oxygens (including phenoxy) is 2. The molecule has 5 rings (SSSR count). The van der Waals surface area contributed by atoms with Crippen molar-refractivity contribution in [1.29, 1.82) is 0 Å². The van der Waals surface area contributed by atoms with E-state index in [1.807, 2.05) is 79.7 Å². The molecule has 204 valence electrons. The number of rotatable bonds is 10. The van der Waals surface area contributed by atoms with Crippen LogP contribution in [0.3, 0.4) is 0 Å². The Kier molecular flexibility index (Phi) is 8.94. The highest BCUT2D eigenvalue weighted by Crippen LogP contribution is 2.38. The van der Waals surface area contributed by atoms with E-state index >= 15 is 0 Å². The molecular formula is C30H26BrClN4O3S. The summed E-state index contributed by atoms with van der Waals surface area (Å²) in [6.45, 7) is 6.03. The Morgan fingerprint density at radius 3 is 2.73 bits per heavy atom. The third-order valence-electron chi connectivity index (χ3n) is 6.19. The highest BCUT2D eigenvalue weighted by atomic mass is 79.9. The Morgan fingerprint density at radius 2 is 1.98 bits per heavy atom. The van der Waals surface area contributed by atoms with Gasteiger partial charge in [-0.1, -0.05) is 94.4 Å². The number of nitrogens with one attached hydrogen (secondary N) is 1. The molecule has 0 radical (unpaired) electrons. The molecule has 1 unspecified atom stereocenters. The molecule has 4 aromatic rings. The number of hydrogen-bond acceptors (Lipinski definition) is 7. The number of benzene rings is 3. The molecule has 1 aromatic heterocycles. The summed E-state index contributed by atoms with van der Waals surface area (Å²) in [4.78, 5) is 17.9. The quantitative estimate of drug-likeness (QED) is 0.109. The SMILES string of the molecule is C=CCOC(=O)C1=C(C)Nc2nc(SCc3ccccc3Cl)nn2C1c1ccc(OCc2cccc(Br)c2)cc1. The molecule has 0 spiro atoms. The highest BCUT2D eigenvalue weighted by Gasteiger charge is 2.35. The Balaban J connectivity index is 1.42. The molecule has 1 aliphatic rings. The summed E-state index contributed by atoms with van der Waals surface area (Å²) >= 11 is 11.3. The van der Waals surface area contributed by atoms with Crippen LogP contribution < -0.4 is 10.1 Å². The summed E-state index contributed by atoms with van der Waals surface area (Å²) in [5, 5.41) is 9.26. The molecule has 1 aliphatic heterocycles. The number of aromatic nitrogens is 3. The first-order chi connectivity index (χ1) is 19.4. The van der Waals surface area contributed by atoms with Crippen LogP contribution in [0.5, 0.6) is 5.75 Å². The molecule has 2 heterocycles. The van der Waals surface area contributed by atoms with Crippen molar-refractivity contribution >= 4 is 51.2 Å². The van der Waals surface area contributed by atoms with Gasteiger partial charge >= 0.3 is 5.97 Å². The van der Waals surface area contributed by atoms with E-state index in [1.165, 1.54) is 11.8 Å². The van der Waals surface area contributed by atoms with Gasteiger partial charge in [-0.05, 0) is 53.9 Å². The minimum atomic E-state index is -0.546. The zero-order chi connectivity index (χ0) is 28.1. The molecule has 1 atom stereocenters. The van der Waals surface area contributed by atoms with Crippen molar-refractivity contribution in [2.45, 2.75) is 30.5 Å². The molecule has 0 fully saturated rings. The first-order valence-corrected chi connectivity index (χ1v) is 14.6. The van der Waals surface area contributed by atoms with Gasteiger partial charge < -0.3 is 14.8 Å².